The molecule has 0 aromatic heterocycles. The van der Waals surface area contributed by atoms with E-state index in [0.29, 0.717) is 16.7 Å². The van der Waals surface area contributed by atoms with Crippen molar-refractivity contribution in [2.75, 3.05) is 6.61 Å². The number of hydrogen-bond acceptors (Lipinski definition) is 1. The summed E-state index contributed by atoms with van der Waals surface area (Å²) < 4.78 is 6.93. The fraction of sp³-hybridized carbons (Fsp3) is 0.571. The van der Waals surface area contributed by atoms with Gasteiger partial charge < -0.3 is 4.74 Å². The van der Waals surface area contributed by atoms with Crippen molar-refractivity contribution in [2.45, 2.75) is 32.0 Å². The van der Waals surface area contributed by atoms with Crippen LogP contribution in [0.4, 0.5) is 0 Å². The molecule has 1 aliphatic rings. The highest BCUT2D eigenvalue weighted by molar-refractivity contribution is 9.10. The lowest BCUT2D eigenvalue weighted by molar-refractivity contribution is 0.346. The summed E-state index contributed by atoms with van der Waals surface area (Å²) in [6, 6.07) is 4.36. The zero-order valence-corrected chi connectivity index (χ0v) is 13.6. The molecule has 3 heteroatoms. The molecular formula is C14H18Br2O. The first-order valence-corrected chi connectivity index (χ1v) is 7.80. The minimum atomic E-state index is 0.354. The fourth-order valence-electron chi connectivity index (χ4n) is 2.12. The van der Waals surface area contributed by atoms with Gasteiger partial charge in [-0.1, -0.05) is 52.6 Å². The Labute approximate surface area is 120 Å². The van der Waals surface area contributed by atoms with Gasteiger partial charge in [-0.05, 0) is 29.5 Å². The highest BCUT2D eigenvalue weighted by Gasteiger charge is 2.26. The molecule has 17 heavy (non-hydrogen) atoms. The average Bonchev–Trinajstić information content (AvgIpc) is 2.73. The molecule has 0 fully saturated rings. The summed E-state index contributed by atoms with van der Waals surface area (Å²) in [5.74, 6) is 2.33. The van der Waals surface area contributed by atoms with Crippen molar-refractivity contribution in [1.29, 1.82) is 0 Å². The molecule has 0 bridgehead atoms. The molecule has 2 atom stereocenters. The number of fused-ring (bicyclic) bond motifs is 1. The third-order valence-corrected chi connectivity index (χ3v) is 5.37. The molecule has 0 N–H and O–H groups in total. The summed E-state index contributed by atoms with van der Waals surface area (Å²) in [5, 5.41) is 0. The first-order chi connectivity index (χ1) is 8.00. The third-order valence-electron chi connectivity index (χ3n) is 3.59. The van der Waals surface area contributed by atoms with Crippen LogP contribution in [0.3, 0.4) is 0 Å². The molecule has 1 aromatic carbocycles. The summed E-state index contributed by atoms with van der Waals surface area (Å²) in [6.45, 7) is 7.62. The van der Waals surface area contributed by atoms with Gasteiger partial charge in [0.25, 0.3) is 0 Å². The Balaban J connectivity index is 2.38. The van der Waals surface area contributed by atoms with E-state index < -0.39 is 0 Å². The van der Waals surface area contributed by atoms with E-state index in [-0.39, 0.29) is 0 Å². The number of alkyl halides is 1. The molecule has 94 valence electrons. The van der Waals surface area contributed by atoms with Gasteiger partial charge in [0.15, 0.2) is 0 Å². The van der Waals surface area contributed by atoms with Gasteiger partial charge in [-0.3, -0.25) is 0 Å². The van der Waals surface area contributed by atoms with Crippen LogP contribution in [0.15, 0.2) is 16.6 Å². The molecule has 1 nitrogen and oxygen atoms in total. The van der Waals surface area contributed by atoms with Crippen molar-refractivity contribution in [3.05, 3.63) is 27.7 Å². The lowest BCUT2D eigenvalue weighted by Crippen LogP contribution is -2.11. The van der Waals surface area contributed by atoms with E-state index in [2.05, 4.69) is 64.8 Å². The number of benzene rings is 1. The Kier molecular flexibility index (Phi) is 4.19. The predicted octanol–water partition coefficient (Wildman–Crippen LogP) is 5.11. The van der Waals surface area contributed by atoms with E-state index in [9.17, 15) is 0 Å². The smallest absolute Gasteiger partial charge is 0.127 e. The highest BCUT2D eigenvalue weighted by atomic mass is 79.9. The van der Waals surface area contributed by atoms with Crippen molar-refractivity contribution >= 4 is 31.9 Å². The Morgan fingerprint density at radius 1 is 1.24 bits per heavy atom. The lowest BCUT2D eigenvalue weighted by Gasteiger charge is -2.24. The average molecular weight is 362 g/mol. The number of ether oxygens (including phenoxy) is 1. The number of rotatable bonds is 3. The largest absolute Gasteiger partial charge is 0.493 e. The third kappa shape index (κ3) is 2.70. The second kappa shape index (κ2) is 5.31. The Morgan fingerprint density at radius 3 is 2.59 bits per heavy atom. The molecule has 2 unspecified atom stereocenters. The topological polar surface area (TPSA) is 9.23 Å². The van der Waals surface area contributed by atoms with Crippen LogP contribution in [0.1, 0.15) is 36.7 Å². The van der Waals surface area contributed by atoms with Gasteiger partial charge in [-0.2, -0.15) is 0 Å². The molecule has 1 heterocycles. The van der Waals surface area contributed by atoms with Crippen molar-refractivity contribution in [3.63, 3.8) is 0 Å². The van der Waals surface area contributed by atoms with Crippen molar-refractivity contribution in [2.24, 2.45) is 11.8 Å². The van der Waals surface area contributed by atoms with Gasteiger partial charge in [0.1, 0.15) is 5.75 Å². The molecule has 1 aromatic rings. The van der Waals surface area contributed by atoms with Crippen LogP contribution in [0, 0.1) is 11.8 Å². The Hall–Kier alpha value is -0.0200. The van der Waals surface area contributed by atoms with Crippen LogP contribution < -0.4 is 4.74 Å². The van der Waals surface area contributed by atoms with Crippen LogP contribution in [-0.2, 0) is 6.42 Å². The second-order valence-electron chi connectivity index (χ2n) is 5.09. The van der Waals surface area contributed by atoms with E-state index in [1.807, 2.05) is 0 Å². The molecule has 0 saturated carbocycles. The number of hydrogen-bond donors (Lipinski definition) is 0. The predicted molar refractivity (Wildman–Crippen MR) is 79.0 cm³/mol. The van der Waals surface area contributed by atoms with E-state index in [1.165, 1.54) is 11.1 Å². The molecular weight excluding hydrogens is 344 g/mol. The quantitative estimate of drug-likeness (QED) is 0.679. The SMILES string of the molecule is CC(C)C(C)C(Br)c1cc(Br)cc2c1OCC2. The fourth-order valence-corrected chi connectivity index (χ4v) is 3.60. The molecule has 0 saturated heterocycles. The van der Waals surface area contributed by atoms with Gasteiger partial charge in [-0.15, -0.1) is 0 Å². The molecule has 0 aliphatic carbocycles. The van der Waals surface area contributed by atoms with Crippen LogP contribution in [0.2, 0.25) is 0 Å². The van der Waals surface area contributed by atoms with Gasteiger partial charge in [0.2, 0.25) is 0 Å². The maximum Gasteiger partial charge on any atom is 0.127 e. The Morgan fingerprint density at radius 2 is 1.94 bits per heavy atom. The lowest BCUT2D eigenvalue weighted by atomic mass is 9.90. The van der Waals surface area contributed by atoms with E-state index in [0.717, 1.165) is 23.2 Å². The van der Waals surface area contributed by atoms with Crippen molar-refractivity contribution in [3.8, 4) is 5.75 Å². The van der Waals surface area contributed by atoms with Crippen molar-refractivity contribution in [1.82, 2.24) is 0 Å². The molecule has 0 radical (unpaired) electrons. The Bertz CT molecular complexity index is 415. The van der Waals surface area contributed by atoms with Crippen LogP contribution >= 0.6 is 31.9 Å². The summed E-state index contributed by atoms with van der Waals surface area (Å²) in [5.41, 5.74) is 2.61. The zero-order valence-electron chi connectivity index (χ0n) is 10.5. The maximum atomic E-state index is 5.78. The van der Waals surface area contributed by atoms with Gasteiger partial charge in [0.05, 0.1) is 6.61 Å². The standard InChI is InChI=1S/C14H18Br2O/c1-8(2)9(3)13(16)12-7-11(15)6-10-4-5-17-14(10)12/h6-9,13H,4-5H2,1-3H3. The summed E-state index contributed by atoms with van der Waals surface area (Å²) in [6.07, 6.45) is 1.03. The molecule has 1 aliphatic heterocycles. The first kappa shape index (κ1) is 13.4. The number of halogens is 2. The minimum absolute atomic E-state index is 0.354. The molecule has 0 amide bonds. The van der Waals surface area contributed by atoms with E-state index in [4.69, 9.17) is 4.74 Å². The van der Waals surface area contributed by atoms with Crippen LogP contribution in [-0.4, -0.2) is 6.61 Å². The minimum Gasteiger partial charge on any atom is -0.493 e. The van der Waals surface area contributed by atoms with E-state index in [1.54, 1.807) is 0 Å². The normalized spacial score (nSPS) is 17.8. The maximum absolute atomic E-state index is 5.78. The van der Waals surface area contributed by atoms with Gasteiger partial charge in [0, 0.05) is 21.3 Å². The van der Waals surface area contributed by atoms with Crippen LogP contribution in [0.25, 0.3) is 0 Å². The van der Waals surface area contributed by atoms with Crippen molar-refractivity contribution < 1.29 is 4.74 Å². The highest BCUT2D eigenvalue weighted by Crippen LogP contribution is 2.44. The summed E-state index contributed by atoms with van der Waals surface area (Å²) >= 11 is 7.43. The van der Waals surface area contributed by atoms with Crippen LogP contribution in [0.5, 0.6) is 5.75 Å². The second-order valence-corrected chi connectivity index (χ2v) is 6.99. The summed E-state index contributed by atoms with van der Waals surface area (Å²) in [7, 11) is 0. The zero-order chi connectivity index (χ0) is 12.6. The van der Waals surface area contributed by atoms with Gasteiger partial charge >= 0.3 is 0 Å². The monoisotopic (exact) mass is 360 g/mol. The molecule has 2 rings (SSSR count). The molecule has 0 spiro atoms. The summed E-state index contributed by atoms with van der Waals surface area (Å²) in [4.78, 5) is 0.354. The van der Waals surface area contributed by atoms with E-state index >= 15 is 0 Å². The first-order valence-electron chi connectivity index (χ1n) is 6.10. The van der Waals surface area contributed by atoms with Gasteiger partial charge in [-0.25, -0.2) is 0 Å².